The number of carboxylic acid groups (broad SMARTS) is 1. The summed E-state index contributed by atoms with van der Waals surface area (Å²) in [7, 11) is 0. The summed E-state index contributed by atoms with van der Waals surface area (Å²) < 4.78 is 5.00. The van der Waals surface area contributed by atoms with E-state index in [0.29, 0.717) is 5.70 Å². The van der Waals surface area contributed by atoms with E-state index in [1.54, 1.807) is 6.92 Å². The lowest BCUT2D eigenvalue weighted by molar-refractivity contribution is -0.384. The van der Waals surface area contributed by atoms with Gasteiger partial charge in [0.05, 0.1) is 28.6 Å². The number of benzene rings is 1. The van der Waals surface area contributed by atoms with E-state index in [9.17, 15) is 29.9 Å². The third kappa shape index (κ3) is 4.35. The predicted octanol–water partition coefficient (Wildman–Crippen LogP) is 0.811. The van der Waals surface area contributed by atoms with Crippen LogP contribution in [-0.4, -0.2) is 51.5 Å². The van der Waals surface area contributed by atoms with Crippen molar-refractivity contribution in [3.05, 3.63) is 62.5 Å². The third-order valence-corrected chi connectivity index (χ3v) is 4.24. The molecule has 1 aliphatic heterocycles. The molecule has 0 aliphatic carbocycles. The molecule has 0 amide bonds. The molecule has 150 valence electrons. The average molecular weight is 392 g/mol. The molecule has 2 atom stereocenters. The predicted molar refractivity (Wildman–Crippen MR) is 96.1 cm³/mol. The first-order chi connectivity index (χ1) is 13.2. The van der Waals surface area contributed by atoms with Crippen LogP contribution in [0.25, 0.3) is 0 Å². The molecule has 28 heavy (non-hydrogen) atoms. The SMILES string of the molecule is CC1=C(C(=O)O)C(c2cccc([N+](=O)[O-])c2)C(C(=O)OCC(O)CO)=C(C)N1. The van der Waals surface area contributed by atoms with Gasteiger partial charge in [0.15, 0.2) is 0 Å². The summed E-state index contributed by atoms with van der Waals surface area (Å²) in [5, 5.41) is 41.9. The van der Waals surface area contributed by atoms with E-state index in [1.807, 2.05) is 0 Å². The number of nitrogens with one attached hydrogen (secondary N) is 1. The lowest BCUT2D eigenvalue weighted by Gasteiger charge is -2.29. The van der Waals surface area contributed by atoms with Gasteiger partial charge in [-0.3, -0.25) is 10.1 Å². The number of hydrogen-bond donors (Lipinski definition) is 4. The standard InChI is InChI=1S/C18H20N2O8/c1-9-14(17(23)24)16(11-4-3-5-12(6-11)20(26)27)15(10(2)19-9)18(25)28-8-13(22)7-21/h3-6,13,16,19,21-22H,7-8H2,1-2H3,(H,23,24). The molecule has 0 saturated heterocycles. The van der Waals surface area contributed by atoms with Crippen molar-refractivity contribution in [2.24, 2.45) is 0 Å². The van der Waals surface area contributed by atoms with Crippen molar-refractivity contribution in [2.75, 3.05) is 13.2 Å². The zero-order valence-electron chi connectivity index (χ0n) is 15.2. The van der Waals surface area contributed by atoms with Crippen LogP contribution in [0.1, 0.15) is 25.3 Å². The van der Waals surface area contributed by atoms with Crippen LogP contribution in [0.15, 0.2) is 46.8 Å². The summed E-state index contributed by atoms with van der Waals surface area (Å²) in [5.41, 5.74) is 0.395. The van der Waals surface area contributed by atoms with Gasteiger partial charge in [-0.15, -0.1) is 0 Å². The van der Waals surface area contributed by atoms with Gasteiger partial charge in [-0.2, -0.15) is 0 Å². The number of nitrogens with zero attached hydrogens (tertiary/aromatic N) is 1. The lowest BCUT2D eigenvalue weighted by atomic mass is 9.80. The van der Waals surface area contributed by atoms with Gasteiger partial charge in [-0.05, 0) is 19.4 Å². The fraction of sp³-hybridized carbons (Fsp3) is 0.333. The molecule has 0 fully saturated rings. The maximum absolute atomic E-state index is 12.6. The number of aliphatic hydroxyl groups is 2. The summed E-state index contributed by atoms with van der Waals surface area (Å²) in [4.78, 5) is 35.0. The van der Waals surface area contributed by atoms with E-state index in [2.05, 4.69) is 5.32 Å². The molecule has 10 heteroatoms. The molecule has 0 saturated carbocycles. The van der Waals surface area contributed by atoms with Crippen LogP contribution in [0.3, 0.4) is 0 Å². The fourth-order valence-corrected chi connectivity index (χ4v) is 3.00. The van der Waals surface area contributed by atoms with Gasteiger partial charge in [0.1, 0.15) is 12.7 Å². The number of hydrogen-bond acceptors (Lipinski definition) is 8. The summed E-state index contributed by atoms with van der Waals surface area (Å²) in [6.45, 7) is 1.97. The molecule has 1 aromatic carbocycles. The fourth-order valence-electron chi connectivity index (χ4n) is 3.00. The van der Waals surface area contributed by atoms with E-state index in [1.165, 1.54) is 31.2 Å². The smallest absolute Gasteiger partial charge is 0.336 e. The Balaban J connectivity index is 2.56. The molecule has 2 unspecified atom stereocenters. The molecule has 0 radical (unpaired) electrons. The highest BCUT2D eigenvalue weighted by atomic mass is 16.6. The van der Waals surface area contributed by atoms with Crippen molar-refractivity contribution in [3.63, 3.8) is 0 Å². The quantitative estimate of drug-likeness (QED) is 0.299. The number of aliphatic hydroxyl groups excluding tert-OH is 2. The number of ether oxygens (including phenoxy) is 1. The second kappa shape index (κ2) is 8.63. The van der Waals surface area contributed by atoms with Gasteiger partial charge >= 0.3 is 11.9 Å². The number of aliphatic carboxylic acids is 1. The summed E-state index contributed by atoms with van der Waals surface area (Å²) in [6, 6.07) is 5.35. The second-order valence-corrected chi connectivity index (χ2v) is 6.23. The number of esters is 1. The summed E-state index contributed by atoms with van der Waals surface area (Å²) in [5.74, 6) is -3.31. The molecule has 0 aromatic heterocycles. The van der Waals surface area contributed by atoms with Gasteiger partial charge in [-0.1, -0.05) is 12.1 Å². The maximum atomic E-state index is 12.6. The number of carboxylic acids is 1. The van der Waals surface area contributed by atoms with Crippen molar-refractivity contribution in [2.45, 2.75) is 25.9 Å². The van der Waals surface area contributed by atoms with E-state index >= 15 is 0 Å². The Labute approximate surface area is 159 Å². The van der Waals surface area contributed by atoms with Crippen LogP contribution < -0.4 is 5.32 Å². The Morgan fingerprint density at radius 2 is 1.93 bits per heavy atom. The van der Waals surface area contributed by atoms with Crippen LogP contribution in [-0.2, 0) is 14.3 Å². The molecule has 0 spiro atoms. The number of carbonyl (C=O) groups is 2. The number of dihydropyridines is 1. The van der Waals surface area contributed by atoms with Crippen LogP contribution in [0.2, 0.25) is 0 Å². The van der Waals surface area contributed by atoms with Gasteiger partial charge in [0.2, 0.25) is 0 Å². The molecule has 2 rings (SSSR count). The Morgan fingerprint density at radius 1 is 1.29 bits per heavy atom. The van der Waals surface area contributed by atoms with Gasteiger partial charge in [0, 0.05) is 23.5 Å². The zero-order valence-corrected chi connectivity index (χ0v) is 15.2. The molecular weight excluding hydrogens is 372 g/mol. The van der Waals surface area contributed by atoms with Crippen LogP contribution in [0.4, 0.5) is 5.69 Å². The van der Waals surface area contributed by atoms with Gasteiger partial charge in [0.25, 0.3) is 5.69 Å². The number of nitro groups is 1. The van der Waals surface area contributed by atoms with Crippen molar-refractivity contribution in [3.8, 4) is 0 Å². The third-order valence-electron chi connectivity index (χ3n) is 4.24. The molecule has 1 heterocycles. The highest BCUT2D eigenvalue weighted by Gasteiger charge is 2.37. The van der Waals surface area contributed by atoms with Crippen LogP contribution in [0.5, 0.6) is 0 Å². The van der Waals surface area contributed by atoms with E-state index in [4.69, 9.17) is 9.84 Å². The molecule has 10 nitrogen and oxygen atoms in total. The minimum absolute atomic E-state index is 0.0476. The molecular formula is C18H20N2O8. The molecule has 4 N–H and O–H groups in total. The van der Waals surface area contributed by atoms with Gasteiger partial charge in [-0.25, -0.2) is 9.59 Å². The maximum Gasteiger partial charge on any atom is 0.336 e. The Hall–Kier alpha value is -3.24. The van der Waals surface area contributed by atoms with E-state index in [0.717, 1.165) is 0 Å². The number of rotatable bonds is 7. The Kier molecular flexibility index (Phi) is 6.49. The largest absolute Gasteiger partial charge is 0.478 e. The topological polar surface area (TPSA) is 159 Å². The first-order valence-corrected chi connectivity index (χ1v) is 8.29. The van der Waals surface area contributed by atoms with E-state index in [-0.39, 0.29) is 28.1 Å². The second-order valence-electron chi connectivity index (χ2n) is 6.23. The minimum atomic E-state index is -1.30. The highest BCUT2D eigenvalue weighted by Crippen LogP contribution is 2.39. The number of non-ortho nitro benzene ring substituents is 1. The van der Waals surface area contributed by atoms with Crippen LogP contribution >= 0.6 is 0 Å². The average Bonchev–Trinajstić information content (AvgIpc) is 2.64. The summed E-state index contributed by atoms with van der Waals surface area (Å²) >= 11 is 0. The number of allylic oxidation sites excluding steroid dienone is 2. The number of carbonyl (C=O) groups excluding carboxylic acids is 1. The van der Waals surface area contributed by atoms with Crippen molar-refractivity contribution >= 4 is 17.6 Å². The van der Waals surface area contributed by atoms with Crippen molar-refractivity contribution < 1.29 is 34.6 Å². The lowest BCUT2D eigenvalue weighted by Crippen LogP contribution is -2.33. The first kappa shape index (κ1) is 21.1. The van der Waals surface area contributed by atoms with E-state index < -0.39 is 42.1 Å². The van der Waals surface area contributed by atoms with Crippen LogP contribution in [0, 0.1) is 10.1 Å². The summed E-state index contributed by atoms with van der Waals surface area (Å²) in [6.07, 6.45) is -1.28. The zero-order chi connectivity index (χ0) is 21.0. The van der Waals surface area contributed by atoms with Crippen molar-refractivity contribution in [1.29, 1.82) is 0 Å². The molecule has 1 aromatic rings. The minimum Gasteiger partial charge on any atom is -0.478 e. The van der Waals surface area contributed by atoms with Gasteiger partial charge < -0.3 is 25.4 Å². The molecule has 0 bridgehead atoms. The Bertz CT molecular complexity index is 874. The monoisotopic (exact) mass is 392 g/mol. The highest BCUT2D eigenvalue weighted by molar-refractivity contribution is 5.99. The normalized spacial score (nSPS) is 17.8. The Morgan fingerprint density at radius 3 is 2.50 bits per heavy atom. The first-order valence-electron chi connectivity index (χ1n) is 8.29. The molecule has 1 aliphatic rings. The number of nitro benzene ring substituents is 1. The van der Waals surface area contributed by atoms with Crippen molar-refractivity contribution in [1.82, 2.24) is 5.32 Å².